The number of amides is 1. The van der Waals surface area contributed by atoms with Gasteiger partial charge in [0.1, 0.15) is 5.52 Å². The second-order valence-electron chi connectivity index (χ2n) is 5.09. The minimum atomic E-state index is -0.304. The third kappa shape index (κ3) is 3.61. The minimum absolute atomic E-state index is 0.304. The van der Waals surface area contributed by atoms with Crippen LogP contribution in [0.25, 0.3) is 22.7 Å². The third-order valence-electron chi connectivity index (χ3n) is 3.51. The number of carbonyl (C=O) groups is 1. The van der Waals surface area contributed by atoms with Gasteiger partial charge in [-0.15, -0.1) is 0 Å². The van der Waals surface area contributed by atoms with Gasteiger partial charge in [0.2, 0.25) is 5.91 Å². The number of benzene rings is 1. The van der Waals surface area contributed by atoms with Crippen LogP contribution in [0, 0.1) is 5.41 Å². The van der Waals surface area contributed by atoms with Gasteiger partial charge in [0.15, 0.2) is 12.0 Å². The number of carbonyl (C=O) groups excluding carboxylic acids is 1. The maximum absolute atomic E-state index is 12.1. The lowest BCUT2D eigenvalue weighted by atomic mass is 10.0. The van der Waals surface area contributed by atoms with Gasteiger partial charge in [-0.3, -0.25) is 9.78 Å². The molecule has 1 aromatic carbocycles. The molecule has 3 aromatic rings. The normalized spacial score (nSPS) is 11.8. The summed E-state index contributed by atoms with van der Waals surface area (Å²) in [4.78, 5) is 20.2. The lowest BCUT2D eigenvalue weighted by molar-refractivity contribution is -0.111. The summed E-state index contributed by atoms with van der Waals surface area (Å²) in [5, 5.41) is 10.2. The van der Waals surface area contributed by atoms with E-state index in [4.69, 9.17) is 15.6 Å². The number of hydrogen-bond donors (Lipinski definition) is 3. The van der Waals surface area contributed by atoms with E-state index >= 15 is 0 Å². The molecule has 0 radical (unpaired) electrons. The number of oxazole rings is 1. The average molecular weight is 333 g/mol. The molecule has 4 N–H and O–H groups in total. The second-order valence-corrected chi connectivity index (χ2v) is 5.09. The second kappa shape index (κ2) is 7.22. The Bertz CT molecular complexity index is 988. The van der Waals surface area contributed by atoms with Crippen molar-refractivity contribution in [2.24, 2.45) is 5.73 Å². The summed E-state index contributed by atoms with van der Waals surface area (Å²) in [6, 6.07) is 6.95. The van der Waals surface area contributed by atoms with Crippen LogP contribution in [-0.2, 0) is 4.79 Å². The first-order valence-corrected chi connectivity index (χ1v) is 7.40. The van der Waals surface area contributed by atoms with Crippen LogP contribution in [0.1, 0.15) is 11.1 Å². The molecule has 0 atom stereocenters. The number of aromatic nitrogens is 2. The van der Waals surface area contributed by atoms with Crippen molar-refractivity contribution < 1.29 is 9.21 Å². The minimum Gasteiger partial charge on any atom is -0.443 e. The van der Waals surface area contributed by atoms with E-state index in [1.54, 1.807) is 42.7 Å². The van der Waals surface area contributed by atoms with Gasteiger partial charge in [-0.1, -0.05) is 0 Å². The van der Waals surface area contributed by atoms with Crippen molar-refractivity contribution in [3.8, 4) is 0 Å². The SMILES string of the molecule is N=C/C(=C\N)c1ccncc1/C=C/C(=O)Nc1ccc2ncoc2c1. The smallest absolute Gasteiger partial charge is 0.248 e. The van der Waals surface area contributed by atoms with Crippen LogP contribution in [-0.4, -0.2) is 22.1 Å². The molecule has 7 heteroatoms. The van der Waals surface area contributed by atoms with Crippen molar-refractivity contribution in [3.05, 3.63) is 66.5 Å². The molecule has 0 spiro atoms. The number of allylic oxidation sites excluding steroid dienone is 1. The molecule has 124 valence electrons. The lowest BCUT2D eigenvalue weighted by Crippen LogP contribution is -2.07. The summed E-state index contributed by atoms with van der Waals surface area (Å²) in [7, 11) is 0. The average Bonchev–Trinajstić information content (AvgIpc) is 3.10. The Balaban J connectivity index is 1.77. The third-order valence-corrected chi connectivity index (χ3v) is 3.51. The van der Waals surface area contributed by atoms with E-state index in [9.17, 15) is 4.79 Å². The first-order valence-electron chi connectivity index (χ1n) is 7.40. The molecule has 2 heterocycles. The predicted octanol–water partition coefficient (Wildman–Crippen LogP) is 2.82. The first kappa shape index (κ1) is 16.1. The van der Waals surface area contributed by atoms with E-state index in [0.717, 1.165) is 17.3 Å². The Labute approximate surface area is 143 Å². The van der Waals surface area contributed by atoms with Crippen LogP contribution in [0.2, 0.25) is 0 Å². The molecule has 0 unspecified atom stereocenters. The maximum atomic E-state index is 12.1. The fourth-order valence-corrected chi connectivity index (χ4v) is 2.30. The summed E-state index contributed by atoms with van der Waals surface area (Å²) in [5.41, 5.74) is 9.40. The molecule has 0 aliphatic carbocycles. The fourth-order valence-electron chi connectivity index (χ4n) is 2.30. The highest BCUT2D eigenvalue weighted by atomic mass is 16.3. The van der Waals surface area contributed by atoms with Crippen molar-refractivity contribution in [3.63, 3.8) is 0 Å². The number of anilines is 1. The number of rotatable bonds is 5. The molecule has 0 aliphatic heterocycles. The highest BCUT2D eigenvalue weighted by Gasteiger charge is 2.05. The highest BCUT2D eigenvalue weighted by molar-refractivity contribution is 6.10. The summed E-state index contributed by atoms with van der Waals surface area (Å²) < 4.78 is 5.21. The zero-order chi connectivity index (χ0) is 17.6. The Hall–Kier alpha value is -3.74. The van der Waals surface area contributed by atoms with Gasteiger partial charge in [0.25, 0.3) is 0 Å². The zero-order valence-corrected chi connectivity index (χ0v) is 13.1. The van der Waals surface area contributed by atoms with Crippen LogP contribution in [0.4, 0.5) is 5.69 Å². The van der Waals surface area contributed by atoms with Gasteiger partial charge in [-0.05, 0) is 29.8 Å². The summed E-state index contributed by atoms with van der Waals surface area (Å²) in [6.07, 6.45) is 10.1. The Kier molecular flexibility index (Phi) is 4.66. The molecule has 0 aliphatic rings. The highest BCUT2D eigenvalue weighted by Crippen LogP contribution is 2.19. The number of pyridine rings is 1. The van der Waals surface area contributed by atoms with Gasteiger partial charge in [-0.2, -0.15) is 0 Å². The Morgan fingerprint density at radius 3 is 3.00 bits per heavy atom. The zero-order valence-electron chi connectivity index (χ0n) is 13.1. The van der Waals surface area contributed by atoms with Crippen LogP contribution in [0.5, 0.6) is 0 Å². The van der Waals surface area contributed by atoms with E-state index in [2.05, 4.69) is 15.3 Å². The van der Waals surface area contributed by atoms with Gasteiger partial charge >= 0.3 is 0 Å². The van der Waals surface area contributed by atoms with E-state index in [1.807, 2.05) is 0 Å². The monoisotopic (exact) mass is 333 g/mol. The number of nitrogens with two attached hydrogens (primary N) is 1. The fraction of sp³-hybridized carbons (Fsp3) is 0. The van der Waals surface area contributed by atoms with Crippen LogP contribution >= 0.6 is 0 Å². The maximum Gasteiger partial charge on any atom is 0.248 e. The van der Waals surface area contributed by atoms with Crippen LogP contribution < -0.4 is 11.1 Å². The molecular weight excluding hydrogens is 318 g/mol. The van der Waals surface area contributed by atoms with Gasteiger partial charge in [0.05, 0.1) is 0 Å². The molecule has 1 amide bonds. The molecular formula is C18H15N5O2. The van der Waals surface area contributed by atoms with E-state index < -0.39 is 0 Å². The number of hydrogen-bond acceptors (Lipinski definition) is 6. The van der Waals surface area contributed by atoms with Crippen molar-refractivity contribution in [2.75, 3.05) is 5.32 Å². The molecule has 3 rings (SSSR count). The van der Waals surface area contributed by atoms with Crippen molar-refractivity contribution >= 4 is 40.6 Å². The lowest BCUT2D eigenvalue weighted by Gasteiger charge is -2.05. The van der Waals surface area contributed by atoms with Crippen molar-refractivity contribution in [1.29, 1.82) is 5.41 Å². The molecule has 0 fully saturated rings. The summed E-state index contributed by atoms with van der Waals surface area (Å²) in [5.74, 6) is -0.304. The summed E-state index contributed by atoms with van der Waals surface area (Å²) in [6.45, 7) is 0. The molecule has 0 saturated carbocycles. The standard InChI is InChI=1S/C18H15N5O2/c19-8-13(9-20)15-5-6-21-10-12(15)1-4-18(24)23-14-2-3-16-17(7-14)25-11-22-16/h1-11,19H,20H2,(H,23,24)/b4-1+,13-9+,19-8?. The van der Waals surface area contributed by atoms with Crippen molar-refractivity contribution in [2.45, 2.75) is 0 Å². The largest absolute Gasteiger partial charge is 0.443 e. The van der Waals surface area contributed by atoms with Crippen molar-refractivity contribution in [1.82, 2.24) is 9.97 Å². The van der Waals surface area contributed by atoms with E-state index in [1.165, 1.54) is 18.7 Å². The Morgan fingerprint density at radius 1 is 1.32 bits per heavy atom. The van der Waals surface area contributed by atoms with E-state index in [0.29, 0.717) is 22.4 Å². The predicted molar refractivity (Wildman–Crippen MR) is 96.9 cm³/mol. The Morgan fingerprint density at radius 2 is 2.20 bits per heavy atom. The molecule has 2 aromatic heterocycles. The van der Waals surface area contributed by atoms with Crippen LogP contribution in [0.3, 0.4) is 0 Å². The number of fused-ring (bicyclic) bond motifs is 1. The van der Waals surface area contributed by atoms with E-state index in [-0.39, 0.29) is 5.91 Å². The number of nitrogens with one attached hydrogen (secondary N) is 2. The van der Waals surface area contributed by atoms with Gasteiger partial charge in [0, 0.05) is 53.8 Å². The molecule has 0 saturated heterocycles. The first-order chi connectivity index (χ1) is 12.2. The molecule has 25 heavy (non-hydrogen) atoms. The van der Waals surface area contributed by atoms with Gasteiger partial charge < -0.3 is 20.9 Å². The quantitative estimate of drug-likeness (QED) is 0.490. The van der Waals surface area contributed by atoms with Gasteiger partial charge in [-0.25, -0.2) is 4.98 Å². The molecule has 0 bridgehead atoms. The summed E-state index contributed by atoms with van der Waals surface area (Å²) >= 11 is 0. The molecule has 7 nitrogen and oxygen atoms in total. The number of nitrogens with zero attached hydrogens (tertiary/aromatic N) is 2. The topological polar surface area (TPSA) is 118 Å². The van der Waals surface area contributed by atoms with Crippen LogP contribution in [0.15, 0.2) is 59.7 Å².